The van der Waals surface area contributed by atoms with Crippen molar-refractivity contribution in [2.24, 2.45) is 0 Å². The van der Waals surface area contributed by atoms with Crippen LogP contribution in [-0.2, 0) is 9.47 Å². The van der Waals surface area contributed by atoms with E-state index in [-0.39, 0.29) is 0 Å². The van der Waals surface area contributed by atoms with E-state index < -0.39 is 5.79 Å². The van der Waals surface area contributed by atoms with Crippen LogP contribution < -0.4 is 0 Å². The maximum Gasteiger partial charge on any atom is 0.274 e. The molecule has 2 aliphatic heterocycles. The van der Waals surface area contributed by atoms with Gasteiger partial charge in [0.25, 0.3) is 5.79 Å². The summed E-state index contributed by atoms with van der Waals surface area (Å²) in [6.45, 7) is 0. The standard InChI is InChI=1S/C13H12O2S/c1-16-11-4-2-3-6-12-7-9-13(15-12)8-5-10-14-13/h4-7,9-11H,8H2,1H3/b11-4-,12-6?. The van der Waals surface area contributed by atoms with E-state index in [1.165, 1.54) is 0 Å². The number of ether oxygens (including phenoxy) is 2. The first-order chi connectivity index (χ1) is 7.85. The lowest BCUT2D eigenvalue weighted by Crippen LogP contribution is -2.24. The van der Waals surface area contributed by atoms with Crippen molar-refractivity contribution in [2.45, 2.75) is 12.2 Å². The second-order valence-electron chi connectivity index (χ2n) is 3.31. The van der Waals surface area contributed by atoms with E-state index in [2.05, 4.69) is 11.8 Å². The van der Waals surface area contributed by atoms with Gasteiger partial charge in [-0.05, 0) is 29.9 Å². The van der Waals surface area contributed by atoms with Crippen molar-refractivity contribution in [3.8, 4) is 11.8 Å². The lowest BCUT2D eigenvalue weighted by Gasteiger charge is -2.20. The normalized spacial score (nSPS) is 28.4. The molecule has 2 rings (SSSR count). The fourth-order valence-electron chi connectivity index (χ4n) is 1.41. The van der Waals surface area contributed by atoms with Crippen molar-refractivity contribution in [2.75, 3.05) is 6.26 Å². The van der Waals surface area contributed by atoms with Crippen LogP contribution in [0.5, 0.6) is 0 Å². The minimum absolute atomic E-state index is 0.595. The van der Waals surface area contributed by atoms with Crippen LogP contribution in [0.25, 0.3) is 0 Å². The second kappa shape index (κ2) is 5.00. The summed E-state index contributed by atoms with van der Waals surface area (Å²) in [6.07, 6.45) is 13.7. The zero-order chi connectivity index (χ0) is 11.3. The highest BCUT2D eigenvalue weighted by Crippen LogP contribution is 2.34. The number of thioether (sulfide) groups is 1. The molecule has 16 heavy (non-hydrogen) atoms. The third-order valence-electron chi connectivity index (χ3n) is 2.14. The third-order valence-corrected chi connectivity index (χ3v) is 2.55. The van der Waals surface area contributed by atoms with Crippen LogP contribution in [0.1, 0.15) is 6.42 Å². The van der Waals surface area contributed by atoms with Crippen LogP contribution >= 0.6 is 11.8 Å². The van der Waals surface area contributed by atoms with Gasteiger partial charge in [0.1, 0.15) is 5.76 Å². The van der Waals surface area contributed by atoms with E-state index in [1.807, 2.05) is 36.0 Å². The summed E-state index contributed by atoms with van der Waals surface area (Å²) in [5.41, 5.74) is 0. The smallest absolute Gasteiger partial charge is 0.274 e. The van der Waals surface area contributed by atoms with Gasteiger partial charge in [0.15, 0.2) is 0 Å². The first kappa shape index (κ1) is 11.0. The molecule has 1 unspecified atom stereocenters. The molecule has 0 aromatic rings. The SMILES string of the molecule is CS/C=C\C#CC=C1C=CC2(CC=CO2)O1. The summed E-state index contributed by atoms with van der Waals surface area (Å²) in [5, 5.41) is 1.93. The van der Waals surface area contributed by atoms with Gasteiger partial charge in [-0.2, -0.15) is 0 Å². The Morgan fingerprint density at radius 1 is 1.50 bits per heavy atom. The van der Waals surface area contributed by atoms with Crippen molar-refractivity contribution in [3.05, 3.63) is 47.8 Å². The Balaban J connectivity index is 1.93. The van der Waals surface area contributed by atoms with Crippen molar-refractivity contribution in [1.29, 1.82) is 0 Å². The average Bonchev–Trinajstić information content (AvgIpc) is 2.90. The Morgan fingerprint density at radius 2 is 2.44 bits per heavy atom. The lowest BCUT2D eigenvalue weighted by molar-refractivity contribution is -0.115. The summed E-state index contributed by atoms with van der Waals surface area (Å²) >= 11 is 1.62. The van der Waals surface area contributed by atoms with Crippen LogP contribution in [-0.4, -0.2) is 12.0 Å². The zero-order valence-electron chi connectivity index (χ0n) is 8.97. The fraction of sp³-hybridized carbons (Fsp3) is 0.231. The van der Waals surface area contributed by atoms with Gasteiger partial charge in [-0.3, -0.25) is 0 Å². The number of hydrogen-bond donors (Lipinski definition) is 0. The molecule has 2 nitrogen and oxygen atoms in total. The van der Waals surface area contributed by atoms with Gasteiger partial charge in [-0.15, -0.1) is 11.8 Å². The Hall–Kier alpha value is -1.53. The molecule has 0 saturated carbocycles. The minimum Gasteiger partial charge on any atom is -0.457 e. The van der Waals surface area contributed by atoms with Gasteiger partial charge in [0, 0.05) is 12.2 Å². The molecule has 3 heteroatoms. The summed E-state index contributed by atoms with van der Waals surface area (Å²) < 4.78 is 11.0. The molecule has 0 fully saturated rings. The summed E-state index contributed by atoms with van der Waals surface area (Å²) in [5.74, 6) is 5.95. The van der Waals surface area contributed by atoms with Gasteiger partial charge >= 0.3 is 0 Å². The Morgan fingerprint density at radius 3 is 3.19 bits per heavy atom. The Kier molecular flexibility index (Phi) is 3.43. The average molecular weight is 232 g/mol. The molecule has 2 heterocycles. The predicted octanol–water partition coefficient (Wildman–Crippen LogP) is 2.97. The molecule has 0 aromatic carbocycles. The van der Waals surface area contributed by atoms with Crippen molar-refractivity contribution >= 4 is 11.8 Å². The van der Waals surface area contributed by atoms with E-state index in [9.17, 15) is 0 Å². The molecule has 0 amide bonds. The molecule has 0 bridgehead atoms. The molecule has 0 aromatic heterocycles. The minimum atomic E-state index is -0.595. The molecular formula is C13H12O2S. The molecule has 0 N–H and O–H groups in total. The molecular weight excluding hydrogens is 220 g/mol. The first-order valence-electron chi connectivity index (χ1n) is 4.95. The molecule has 1 atom stereocenters. The van der Waals surface area contributed by atoms with E-state index in [0.717, 1.165) is 12.2 Å². The van der Waals surface area contributed by atoms with Crippen LogP contribution in [0.3, 0.4) is 0 Å². The maximum atomic E-state index is 5.65. The highest BCUT2D eigenvalue weighted by atomic mass is 32.2. The van der Waals surface area contributed by atoms with Crippen molar-refractivity contribution < 1.29 is 9.47 Å². The van der Waals surface area contributed by atoms with Crippen LogP contribution in [0.2, 0.25) is 0 Å². The number of allylic oxidation sites excluding steroid dienone is 3. The van der Waals surface area contributed by atoms with E-state index in [4.69, 9.17) is 9.47 Å². The molecule has 82 valence electrons. The first-order valence-corrected chi connectivity index (χ1v) is 6.24. The van der Waals surface area contributed by atoms with E-state index in [0.29, 0.717) is 0 Å². The second-order valence-corrected chi connectivity index (χ2v) is 4.06. The van der Waals surface area contributed by atoms with Gasteiger partial charge in [0.2, 0.25) is 0 Å². The Bertz CT molecular complexity index is 425. The lowest BCUT2D eigenvalue weighted by atomic mass is 10.2. The van der Waals surface area contributed by atoms with Crippen molar-refractivity contribution in [1.82, 2.24) is 0 Å². The molecule has 0 saturated heterocycles. The van der Waals surface area contributed by atoms with Gasteiger partial charge in [0.05, 0.1) is 12.7 Å². The summed E-state index contributed by atoms with van der Waals surface area (Å²) in [7, 11) is 0. The highest BCUT2D eigenvalue weighted by Gasteiger charge is 2.36. The summed E-state index contributed by atoms with van der Waals surface area (Å²) in [6, 6.07) is 0. The van der Waals surface area contributed by atoms with Crippen LogP contribution in [0.15, 0.2) is 47.8 Å². The van der Waals surface area contributed by atoms with Gasteiger partial charge < -0.3 is 9.47 Å². The largest absolute Gasteiger partial charge is 0.457 e. The monoisotopic (exact) mass is 232 g/mol. The number of rotatable bonds is 1. The van der Waals surface area contributed by atoms with Crippen molar-refractivity contribution in [3.63, 3.8) is 0 Å². The fourth-order valence-corrected chi connectivity index (χ4v) is 1.62. The van der Waals surface area contributed by atoms with E-state index >= 15 is 0 Å². The number of hydrogen-bond acceptors (Lipinski definition) is 3. The Labute approximate surface area is 99.7 Å². The molecule has 1 spiro atoms. The molecule has 0 aliphatic carbocycles. The summed E-state index contributed by atoms with van der Waals surface area (Å²) in [4.78, 5) is 0. The van der Waals surface area contributed by atoms with E-state index in [1.54, 1.807) is 24.1 Å². The predicted molar refractivity (Wildman–Crippen MR) is 66.3 cm³/mol. The zero-order valence-corrected chi connectivity index (χ0v) is 9.79. The van der Waals surface area contributed by atoms with Gasteiger partial charge in [-0.1, -0.05) is 11.8 Å². The maximum absolute atomic E-state index is 5.65. The topological polar surface area (TPSA) is 18.5 Å². The quantitative estimate of drug-likeness (QED) is 0.648. The van der Waals surface area contributed by atoms with Crippen LogP contribution in [0.4, 0.5) is 0 Å². The van der Waals surface area contributed by atoms with Crippen LogP contribution in [0, 0.1) is 11.8 Å². The van der Waals surface area contributed by atoms with Gasteiger partial charge in [-0.25, -0.2) is 0 Å². The highest BCUT2D eigenvalue weighted by molar-refractivity contribution is 8.01. The molecule has 2 aliphatic rings. The molecule has 0 radical (unpaired) electrons. The third kappa shape index (κ3) is 2.53.